The van der Waals surface area contributed by atoms with Crippen LogP contribution in [0.25, 0.3) is 0 Å². The molecule has 3 rings (SSSR count). The standard InChI is InChI=1S/C24H36O2/c1-18-6-4-10-24(2,17-18)22-9-3-7-19(14-22)12-21-13-20(8-5-11-25)15-23(26)16-21/h4,10,13,15-16,18-19,22,25-26H,3,5-9,11-12,14,17H2,1-2H3. The molecule has 0 bridgehead atoms. The van der Waals surface area contributed by atoms with E-state index in [0.29, 0.717) is 11.2 Å². The topological polar surface area (TPSA) is 40.5 Å². The summed E-state index contributed by atoms with van der Waals surface area (Å²) in [4.78, 5) is 0. The molecule has 0 saturated heterocycles. The highest BCUT2D eigenvalue weighted by molar-refractivity contribution is 5.34. The lowest BCUT2D eigenvalue weighted by Crippen LogP contribution is -2.33. The van der Waals surface area contributed by atoms with Crippen molar-refractivity contribution in [2.75, 3.05) is 6.61 Å². The molecule has 0 aliphatic heterocycles. The number of phenolic OH excluding ortho intramolecular Hbond substituents is 1. The second-order valence-corrected chi connectivity index (χ2v) is 9.22. The van der Waals surface area contributed by atoms with Crippen LogP contribution in [0.15, 0.2) is 30.4 Å². The second kappa shape index (κ2) is 8.61. The summed E-state index contributed by atoms with van der Waals surface area (Å²) in [6.45, 7) is 5.08. The third-order valence-electron chi connectivity index (χ3n) is 6.73. The fourth-order valence-corrected chi connectivity index (χ4v) is 5.47. The fourth-order valence-electron chi connectivity index (χ4n) is 5.47. The number of aliphatic hydroxyl groups is 1. The summed E-state index contributed by atoms with van der Waals surface area (Å²) >= 11 is 0. The minimum absolute atomic E-state index is 0.208. The minimum Gasteiger partial charge on any atom is -0.508 e. The van der Waals surface area contributed by atoms with Gasteiger partial charge in [-0.05, 0) is 91.4 Å². The van der Waals surface area contributed by atoms with Crippen molar-refractivity contribution in [1.82, 2.24) is 0 Å². The average molecular weight is 357 g/mol. The van der Waals surface area contributed by atoms with Crippen molar-refractivity contribution in [3.63, 3.8) is 0 Å². The van der Waals surface area contributed by atoms with Gasteiger partial charge in [0.25, 0.3) is 0 Å². The van der Waals surface area contributed by atoms with Crippen molar-refractivity contribution in [2.24, 2.45) is 23.2 Å². The number of allylic oxidation sites excluding steroid dienone is 2. The molecule has 26 heavy (non-hydrogen) atoms. The SMILES string of the molecule is CC1CC=CC(C)(C2CCCC(Cc3cc(O)cc(CCCO)c3)C2)C1. The predicted molar refractivity (Wildman–Crippen MR) is 108 cm³/mol. The second-order valence-electron chi connectivity index (χ2n) is 9.22. The molecular formula is C24H36O2. The maximum Gasteiger partial charge on any atom is 0.116 e. The Morgan fingerprint density at radius 1 is 1.15 bits per heavy atom. The first-order valence-electron chi connectivity index (χ1n) is 10.6. The molecule has 4 unspecified atom stereocenters. The van der Waals surface area contributed by atoms with E-state index in [9.17, 15) is 5.11 Å². The third-order valence-corrected chi connectivity index (χ3v) is 6.73. The van der Waals surface area contributed by atoms with Gasteiger partial charge in [0.1, 0.15) is 5.75 Å². The molecule has 2 aliphatic rings. The summed E-state index contributed by atoms with van der Waals surface area (Å²) in [5.41, 5.74) is 2.79. The summed E-state index contributed by atoms with van der Waals surface area (Å²) in [5.74, 6) is 2.71. The van der Waals surface area contributed by atoms with Gasteiger partial charge in [0, 0.05) is 6.61 Å². The van der Waals surface area contributed by atoms with Crippen LogP contribution in [0.4, 0.5) is 0 Å². The van der Waals surface area contributed by atoms with Crippen molar-refractivity contribution in [3.8, 4) is 5.75 Å². The highest BCUT2D eigenvalue weighted by Crippen LogP contribution is 2.48. The van der Waals surface area contributed by atoms with Crippen molar-refractivity contribution in [3.05, 3.63) is 41.5 Å². The number of rotatable bonds is 6. The lowest BCUT2D eigenvalue weighted by atomic mass is 9.61. The van der Waals surface area contributed by atoms with E-state index in [1.807, 2.05) is 12.1 Å². The lowest BCUT2D eigenvalue weighted by Gasteiger charge is -2.43. The van der Waals surface area contributed by atoms with Crippen LogP contribution in [0.2, 0.25) is 0 Å². The fraction of sp³-hybridized carbons (Fsp3) is 0.667. The summed E-state index contributed by atoms with van der Waals surface area (Å²) in [7, 11) is 0. The molecule has 0 spiro atoms. The molecule has 0 radical (unpaired) electrons. The van der Waals surface area contributed by atoms with Crippen LogP contribution in [0.5, 0.6) is 5.75 Å². The van der Waals surface area contributed by atoms with E-state index in [1.165, 1.54) is 44.1 Å². The van der Waals surface area contributed by atoms with Gasteiger partial charge in [-0.1, -0.05) is 44.9 Å². The quantitative estimate of drug-likeness (QED) is 0.646. The Morgan fingerprint density at radius 3 is 2.73 bits per heavy atom. The molecule has 0 aromatic heterocycles. The zero-order valence-corrected chi connectivity index (χ0v) is 16.6. The van der Waals surface area contributed by atoms with E-state index in [0.717, 1.165) is 42.6 Å². The molecule has 1 fully saturated rings. The zero-order valence-electron chi connectivity index (χ0n) is 16.6. The normalized spacial score (nSPS) is 31.9. The Labute approximate surface area is 159 Å². The molecular weight excluding hydrogens is 320 g/mol. The van der Waals surface area contributed by atoms with Crippen LogP contribution >= 0.6 is 0 Å². The third kappa shape index (κ3) is 4.91. The van der Waals surface area contributed by atoms with Crippen molar-refractivity contribution in [2.45, 2.75) is 71.6 Å². The molecule has 2 N–H and O–H groups in total. The van der Waals surface area contributed by atoms with Crippen LogP contribution < -0.4 is 0 Å². The van der Waals surface area contributed by atoms with Gasteiger partial charge in [-0.3, -0.25) is 0 Å². The number of aromatic hydroxyl groups is 1. The van der Waals surface area contributed by atoms with Gasteiger partial charge in [0.05, 0.1) is 0 Å². The maximum atomic E-state index is 10.1. The van der Waals surface area contributed by atoms with Crippen LogP contribution in [-0.2, 0) is 12.8 Å². The molecule has 144 valence electrons. The molecule has 2 heteroatoms. The van der Waals surface area contributed by atoms with Gasteiger partial charge >= 0.3 is 0 Å². The van der Waals surface area contributed by atoms with Gasteiger partial charge < -0.3 is 10.2 Å². The van der Waals surface area contributed by atoms with Crippen LogP contribution in [0, 0.1) is 23.2 Å². The van der Waals surface area contributed by atoms with Crippen LogP contribution in [-0.4, -0.2) is 16.8 Å². The van der Waals surface area contributed by atoms with E-state index in [4.69, 9.17) is 5.11 Å². The first-order valence-corrected chi connectivity index (χ1v) is 10.6. The highest BCUT2D eigenvalue weighted by atomic mass is 16.3. The predicted octanol–water partition coefficient (Wildman–Crippen LogP) is 5.66. The molecule has 0 heterocycles. The Morgan fingerprint density at radius 2 is 1.96 bits per heavy atom. The highest BCUT2D eigenvalue weighted by Gasteiger charge is 2.37. The van der Waals surface area contributed by atoms with E-state index in [2.05, 4.69) is 32.1 Å². The summed E-state index contributed by atoms with van der Waals surface area (Å²) < 4.78 is 0. The van der Waals surface area contributed by atoms with Gasteiger partial charge in [-0.25, -0.2) is 0 Å². The summed E-state index contributed by atoms with van der Waals surface area (Å²) in [5, 5.41) is 19.1. The number of hydrogen-bond acceptors (Lipinski definition) is 2. The Bertz CT molecular complexity index is 621. The number of aryl methyl sites for hydroxylation is 1. The summed E-state index contributed by atoms with van der Waals surface area (Å²) in [6, 6.07) is 6.03. The number of hydrogen-bond donors (Lipinski definition) is 2. The van der Waals surface area contributed by atoms with Crippen LogP contribution in [0.1, 0.15) is 69.9 Å². The smallest absolute Gasteiger partial charge is 0.116 e. The molecule has 4 atom stereocenters. The van der Waals surface area contributed by atoms with Gasteiger partial charge in [-0.2, -0.15) is 0 Å². The Kier molecular flexibility index (Phi) is 6.45. The van der Waals surface area contributed by atoms with Crippen molar-refractivity contribution >= 4 is 0 Å². The monoisotopic (exact) mass is 356 g/mol. The average Bonchev–Trinajstić information content (AvgIpc) is 2.59. The molecule has 1 aromatic carbocycles. The number of phenols is 1. The molecule has 2 nitrogen and oxygen atoms in total. The number of aliphatic hydroxyl groups excluding tert-OH is 1. The van der Waals surface area contributed by atoms with E-state index in [1.54, 1.807) is 0 Å². The molecule has 0 amide bonds. The molecule has 1 saturated carbocycles. The lowest BCUT2D eigenvalue weighted by molar-refractivity contribution is 0.119. The summed E-state index contributed by atoms with van der Waals surface area (Å²) in [6.07, 6.45) is 15.5. The maximum absolute atomic E-state index is 10.1. The van der Waals surface area contributed by atoms with Crippen LogP contribution in [0.3, 0.4) is 0 Å². The number of benzene rings is 1. The van der Waals surface area contributed by atoms with E-state index >= 15 is 0 Å². The van der Waals surface area contributed by atoms with Crippen molar-refractivity contribution in [1.29, 1.82) is 0 Å². The first-order chi connectivity index (χ1) is 12.5. The Balaban J connectivity index is 1.66. The van der Waals surface area contributed by atoms with E-state index in [-0.39, 0.29) is 6.61 Å². The van der Waals surface area contributed by atoms with Crippen molar-refractivity contribution < 1.29 is 10.2 Å². The van der Waals surface area contributed by atoms with E-state index < -0.39 is 0 Å². The zero-order chi connectivity index (χ0) is 18.6. The van der Waals surface area contributed by atoms with Gasteiger partial charge in [-0.15, -0.1) is 0 Å². The largest absolute Gasteiger partial charge is 0.508 e. The molecule has 2 aliphatic carbocycles. The Hall–Kier alpha value is -1.28. The van der Waals surface area contributed by atoms with Gasteiger partial charge in [0.15, 0.2) is 0 Å². The minimum atomic E-state index is 0.208. The molecule has 1 aromatic rings. The first kappa shape index (κ1) is 19.5. The van der Waals surface area contributed by atoms with Gasteiger partial charge in [0.2, 0.25) is 0 Å².